The van der Waals surface area contributed by atoms with Gasteiger partial charge in [0.25, 0.3) is 0 Å². The molecule has 0 radical (unpaired) electrons. The SMILES string of the molecule is COc1ccc2nc(NC(=O)C(Sc3cccc(N)c3)c3ccccc3)sc2c1. The molecule has 0 aliphatic carbocycles. The van der Waals surface area contributed by atoms with Gasteiger partial charge in [-0.15, -0.1) is 11.8 Å². The second-order valence-electron chi connectivity index (χ2n) is 6.32. The quantitative estimate of drug-likeness (QED) is 0.324. The molecule has 3 N–H and O–H groups in total. The first-order valence-corrected chi connectivity index (χ1v) is 10.6. The van der Waals surface area contributed by atoms with Crippen molar-refractivity contribution in [3.63, 3.8) is 0 Å². The molecule has 1 unspecified atom stereocenters. The molecule has 7 heteroatoms. The van der Waals surface area contributed by atoms with Crippen molar-refractivity contribution in [3.05, 3.63) is 78.4 Å². The number of amides is 1. The molecule has 0 saturated carbocycles. The number of carbonyl (C=O) groups excluding carboxylic acids is 1. The van der Waals surface area contributed by atoms with Crippen LogP contribution in [0.25, 0.3) is 10.2 Å². The van der Waals surface area contributed by atoms with Gasteiger partial charge in [-0.1, -0.05) is 47.7 Å². The Balaban J connectivity index is 1.61. The van der Waals surface area contributed by atoms with E-state index in [1.807, 2.05) is 72.8 Å². The number of thioether (sulfide) groups is 1. The second-order valence-corrected chi connectivity index (χ2v) is 8.53. The fourth-order valence-corrected chi connectivity index (χ4v) is 4.87. The number of nitrogens with one attached hydrogen (secondary N) is 1. The predicted octanol–water partition coefficient (Wildman–Crippen LogP) is 5.36. The lowest BCUT2D eigenvalue weighted by atomic mass is 10.1. The van der Waals surface area contributed by atoms with E-state index in [4.69, 9.17) is 10.5 Å². The van der Waals surface area contributed by atoms with E-state index in [0.717, 1.165) is 26.4 Å². The zero-order chi connectivity index (χ0) is 20.2. The first kappa shape index (κ1) is 19.3. The number of carbonyl (C=O) groups is 1. The second kappa shape index (κ2) is 8.55. The van der Waals surface area contributed by atoms with Crippen molar-refractivity contribution >= 4 is 50.0 Å². The minimum Gasteiger partial charge on any atom is -0.497 e. The van der Waals surface area contributed by atoms with E-state index in [9.17, 15) is 4.79 Å². The van der Waals surface area contributed by atoms with Crippen LogP contribution < -0.4 is 15.8 Å². The fourth-order valence-electron chi connectivity index (χ4n) is 2.88. The number of anilines is 2. The van der Waals surface area contributed by atoms with Gasteiger partial charge in [0.05, 0.1) is 17.3 Å². The number of benzene rings is 3. The maximum atomic E-state index is 13.2. The molecular weight excluding hydrogens is 402 g/mol. The van der Waals surface area contributed by atoms with Crippen LogP contribution in [-0.2, 0) is 4.79 Å². The Morgan fingerprint density at radius 1 is 1.10 bits per heavy atom. The van der Waals surface area contributed by atoms with Gasteiger partial charge in [0.1, 0.15) is 11.0 Å². The molecule has 0 fully saturated rings. The Hall–Kier alpha value is -3.03. The molecule has 5 nitrogen and oxygen atoms in total. The Kier molecular flexibility index (Phi) is 5.69. The minimum absolute atomic E-state index is 0.130. The van der Waals surface area contributed by atoms with Crippen LogP contribution in [0.5, 0.6) is 5.75 Å². The summed E-state index contributed by atoms with van der Waals surface area (Å²) in [7, 11) is 1.63. The normalized spacial score (nSPS) is 11.9. The Bertz CT molecular complexity index is 1150. The summed E-state index contributed by atoms with van der Waals surface area (Å²) in [6, 6.07) is 22.9. The predicted molar refractivity (Wildman–Crippen MR) is 121 cm³/mol. The molecule has 146 valence electrons. The van der Waals surface area contributed by atoms with Gasteiger partial charge in [-0.05, 0) is 42.0 Å². The molecule has 3 aromatic carbocycles. The first-order chi connectivity index (χ1) is 14.1. The Morgan fingerprint density at radius 3 is 2.69 bits per heavy atom. The lowest BCUT2D eigenvalue weighted by Gasteiger charge is -2.16. The molecule has 29 heavy (non-hydrogen) atoms. The van der Waals surface area contributed by atoms with Gasteiger partial charge in [0, 0.05) is 10.6 Å². The number of hydrogen-bond donors (Lipinski definition) is 2. The maximum absolute atomic E-state index is 13.2. The van der Waals surface area contributed by atoms with Gasteiger partial charge in [-0.25, -0.2) is 4.98 Å². The summed E-state index contributed by atoms with van der Waals surface area (Å²) in [4.78, 5) is 18.6. The van der Waals surface area contributed by atoms with Crippen LogP contribution >= 0.6 is 23.1 Å². The highest BCUT2D eigenvalue weighted by Crippen LogP contribution is 2.37. The van der Waals surface area contributed by atoms with Crippen molar-refractivity contribution in [2.75, 3.05) is 18.2 Å². The zero-order valence-electron chi connectivity index (χ0n) is 15.7. The summed E-state index contributed by atoms with van der Waals surface area (Å²) in [6.07, 6.45) is 0. The fraction of sp³-hybridized carbons (Fsp3) is 0.0909. The number of ether oxygens (including phenoxy) is 1. The highest BCUT2D eigenvalue weighted by molar-refractivity contribution is 8.00. The third kappa shape index (κ3) is 4.52. The summed E-state index contributed by atoms with van der Waals surface area (Å²) in [5.74, 6) is 0.632. The number of nitrogen functional groups attached to an aromatic ring is 1. The van der Waals surface area contributed by atoms with Gasteiger partial charge < -0.3 is 15.8 Å². The van der Waals surface area contributed by atoms with Gasteiger partial charge in [-0.2, -0.15) is 0 Å². The molecule has 0 spiro atoms. The lowest BCUT2D eigenvalue weighted by molar-refractivity contribution is -0.115. The van der Waals surface area contributed by atoms with Gasteiger partial charge in [0.2, 0.25) is 5.91 Å². The molecule has 1 aromatic heterocycles. The largest absolute Gasteiger partial charge is 0.497 e. The van der Waals surface area contributed by atoms with E-state index in [0.29, 0.717) is 10.8 Å². The third-order valence-corrected chi connectivity index (χ3v) is 6.46. The number of methoxy groups -OCH3 is 1. The van der Waals surface area contributed by atoms with Crippen molar-refractivity contribution in [3.8, 4) is 5.75 Å². The number of aromatic nitrogens is 1. The Labute approximate surface area is 176 Å². The zero-order valence-corrected chi connectivity index (χ0v) is 17.3. The van der Waals surface area contributed by atoms with Gasteiger partial charge in [0.15, 0.2) is 5.13 Å². The van der Waals surface area contributed by atoms with Crippen LogP contribution in [0, 0.1) is 0 Å². The number of nitrogens with two attached hydrogens (primary N) is 1. The standard InChI is InChI=1S/C22H19N3O2S2/c1-27-16-10-11-18-19(13-16)29-22(24-18)25-21(26)20(14-6-3-2-4-7-14)28-17-9-5-8-15(23)12-17/h2-13,20H,23H2,1H3,(H,24,25,26). The maximum Gasteiger partial charge on any atom is 0.244 e. The van der Waals surface area contributed by atoms with E-state index in [2.05, 4.69) is 10.3 Å². The summed E-state index contributed by atoms with van der Waals surface area (Å²) >= 11 is 2.89. The molecule has 1 heterocycles. The minimum atomic E-state index is -0.431. The molecule has 4 rings (SSSR count). The molecule has 0 aliphatic rings. The number of hydrogen-bond acceptors (Lipinski definition) is 6. The average Bonchev–Trinajstić information content (AvgIpc) is 3.13. The van der Waals surface area contributed by atoms with E-state index in [1.54, 1.807) is 7.11 Å². The number of fused-ring (bicyclic) bond motifs is 1. The van der Waals surface area contributed by atoms with Crippen LogP contribution in [0.15, 0.2) is 77.7 Å². The van der Waals surface area contributed by atoms with Gasteiger partial charge in [-0.3, -0.25) is 4.79 Å². The summed E-state index contributed by atoms with van der Waals surface area (Å²) < 4.78 is 6.22. The summed E-state index contributed by atoms with van der Waals surface area (Å²) in [5, 5.41) is 3.11. The van der Waals surface area contributed by atoms with Gasteiger partial charge >= 0.3 is 0 Å². The van der Waals surface area contributed by atoms with Crippen molar-refractivity contribution < 1.29 is 9.53 Å². The van der Waals surface area contributed by atoms with Crippen molar-refractivity contribution in [1.82, 2.24) is 4.98 Å². The average molecular weight is 422 g/mol. The molecule has 0 saturated heterocycles. The van der Waals surface area contributed by atoms with Crippen molar-refractivity contribution in [2.45, 2.75) is 10.1 Å². The van der Waals surface area contributed by atoms with Crippen LogP contribution in [0.2, 0.25) is 0 Å². The Morgan fingerprint density at radius 2 is 1.93 bits per heavy atom. The molecule has 1 atom stereocenters. The highest BCUT2D eigenvalue weighted by Gasteiger charge is 2.23. The topological polar surface area (TPSA) is 77.2 Å². The molecular formula is C22H19N3O2S2. The number of rotatable bonds is 6. The van der Waals surface area contributed by atoms with Crippen molar-refractivity contribution in [2.24, 2.45) is 0 Å². The van der Waals surface area contributed by atoms with Crippen LogP contribution in [0.4, 0.5) is 10.8 Å². The lowest BCUT2D eigenvalue weighted by Crippen LogP contribution is -2.18. The molecule has 0 bridgehead atoms. The molecule has 4 aromatic rings. The van der Waals surface area contributed by atoms with E-state index >= 15 is 0 Å². The molecule has 0 aliphatic heterocycles. The van der Waals surface area contributed by atoms with E-state index < -0.39 is 5.25 Å². The van der Waals surface area contributed by atoms with Crippen LogP contribution in [0.3, 0.4) is 0 Å². The third-order valence-electron chi connectivity index (χ3n) is 4.28. The van der Waals surface area contributed by atoms with Crippen molar-refractivity contribution in [1.29, 1.82) is 0 Å². The highest BCUT2D eigenvalue weighted by atomic mass is 32.2. The number of thiazole rings is 1. The first-order valence-electron chi connectivity index (χ1n) is 8.95. The molecule has 1 amide bonds. The van der Waals surface area contributed by atoms with Crippen LogP contribution in [-0.4, -0.2) is 18.0 Å². The van der Waals surface area contributed by atoms with Crippen LogP contribution in [0.1, 0.15) is 10.8 Å². The summed E-state index contributed by atoms with van der Waals surface area (Å²) in [6.45, 7) is 0. The number of nitrogens with zero attached hydrogens (tertiary/aromatic N) is 1. The van der Waals surface area contributed by atoms with E-state index in [-0.39, 0.29) is 5.91 Å². The monoisotopic (exact) mass is 421 g/mol. The van der Waals surface area contributed by atoms with E-state index in [1.165, 1.54) is 23.1 Å². The summed E-state index contributed by atoms with van der Waals surface area (Å²) in [5.41, 5.74) is 8.32. The smallest absolute Gasteiger partial charge is 0.244 e.